The Balaban J connectivity index is 2.32. The number of nitrogens with zero attached hydrogens (tertiary/aromatic N) is 1. The lowest BCUT2D eigenvalue weighted by Crippen LogP contribution is -2.56. The van der Waals surface area contributed by atoms with Crippen LogP contribution in [0.5, 0.6) is 0 Å². The summed E-state index contributed by atoms with van der Waals surface area (Å²) in [5.41, 5.74) is -1.83. The summed E-state index contributed by atoms with van der Waals surface area (Å²) in [6.45, 7) is -0.270. The molecular formula is C19H30N2O12. The maximum absolute atomic E-state index is 11.5. The second kappa shape index (κ2) is 11.3. The van der Waals surface area contributed by atoms with Crippen molar-refractivity contribution >= 4 is 17.7 Å². The molecule has 1 aliphatic heterocycles. The molecule has 0 aromatic carbocycles. The smallest absolute Gasteiger partial charge is 0.328 e. The second-order valence-electron chi connectivity index (χ2n) is 7.96. The van der Waals surface area contributed by atoms with Crippen LogP contribution in [0.1, 0.15) is 13.3 Å². The number of aliphatic hydroxyl groups is 5. The van der Waals surface area contributed by atoms with E-state index in [0.717, 1.165) is 0 Å². The van der Waals surface area contributed by atoms with Crippen LogP contribution in [0.2, 0.25) is 0 Å². The topological polar surface area (TPSA) is 228 Å². The molecule has 8 atom stereocenters. The molecule has 0 aromatic rings. The Bertz CT molecular complexity index is 772. The van der Waals surface area contributed by atoms with Gasteiger partial charge in [-0.15, -0.1) is 0 Å². The highest BCUT2D eigenvalue weighted by Gasteiger charge is 2.43. The van der Waals surface area contributed by atoms with E-state index in [4.69, 9.17) is 19.3 Å². The van der Waals surface area contributed by atoms with Gasteiger partial charge in [0.15, 0.2) is 12.3 Å². The molecule has 1 heterocycles. The summed E-state index contributed by atoms with van der Waals surface area (Å²) in [4.78, 5) is 26.5. The van der Waals surface area contributed by atoms with E-state index >= 15 is 0 Å². The largest absolute Gasteiger partial charge is 0.480 e. The summed E-state index contributed by atoms with van der Waals surface area (Å²) < 4.78 is 15.9. The van der Waals surface area contributed by atoms with E-state index in [1.807, 2.05) is 0 Å². The molecular weight excluding hydrogens is 448 g/mol. The first-order valence-corrected chi connectivity index (χ1v) is 10.1. The number of aliphatic imine (C=N–C) groups is 1. The number of hydrogen-bond acceptors (Lipinski definition) is 12. The predicted molar refractivity (Wildman–Crippen MR) is 108 cm³/mol. The first kappa shape index (κ1) is 27.1. The number of carboxylic acids is 2. The Morgan fingerprint density at radius 1 is 1.30 bits per heavy atom. The number of rotatable bonds is 10. The van der Waals surface area contributed by atoms with E-state index in [1.54, 1.807) is 0 Å². The first-order valence-electron chi connectivity index (χ1n) is 10.1. The Morgan fingerprint density at radius 2 is 1.97 bits per heavy atom. The molecule has 8 N–H and O–H groups in total. The van der Waals surface area contributed by atoms with E-state index in [1.165, 1.54) is 20.1 Å². The minimum Gasteiger partial charge on any atom is -0.480 e. The van der Waals surface area contributed by atoms with Crippen LogP contribution < -0.4 is 5.32 Å². The van der Waals surface area contributed by atoms with Crippen LogP contribution in [-0.2, 0) is 23.8 Å². The van der Waals surface area contributed by atoms with E-state index in [-0.39, 0.29) is 24.4 Å². The minimum absolute atomic E-state index is 0.00661. The number of aliphatic hydroxyl groups excluding tert-OH is 4. The van der Waals surface area contributed by atoms with Crippen molar-refractivity contribution in [3.05, 3.63) is 11.8 Å². The molecule has 1 saturated heterocycles. The van der Waals surface area contributed by atoms with Crippen molar-refractivity contribution in [1.82, 2.24) is 5.32 Å². The maximum Gasteiger partial charge on any atom is 0.328 e. The SMILES string of the molecule is COC1C(NC(C(=O)O)C(C)O)=CC(O)(COC2OCC(O)C(O)C2O)CC1=NCC(=O)O. The zero-order chi connectivity index (χ0) is 24.9. The summed E-state index contributed by atoms with van der Waals surface area (Å²) in [5.74, 6) is -2.64. The summed E-state index contributed by atoms with van der Waals surface area (Å²) in [5, 5.41) is 71.2. The third-order valence-corrected chi connectivity index (χ3v) is 5.17. The molecule has 2 rings (SSSR count). The van der Waals surface area contributed by atoms with Crippen LogP contribution in [0.4, 0.5) is 0 Å². The first-order chi connectivity index (χ1) is 15.4. The minimum atomic E-state index is -1.89. The lowest BCUT2D eigenvalue weighted by Gasteiger charge is -2.39. The molecule has 14 nitrogen and oxygen atoms in total. The van der Waals surface area contributed by atoms with Crippen LogP contribution in [-0.4, -0.2) is 129 Å². The van der Waals surface area contributed by atoms with Crippen LogP contribution in [0.15, 0.2) is 16.8 Å². The van der Waals surface area contributed by atoms with Gasteiger partial charge in [0.05, 0.1) is 25.0 Å². The zero-order valence-electron chi connectivity index (χ0n) is 18.1. The van der Waals surface area contributed by atoms with Crippen molar-refractivity contribution in [2.75, 3.05) is 26.9 Å². The molecule has 14 heteroatoms. The molecule has 1 aliphatic carbocycles. The third-order valence-electron chi connectivity index (χ3n) is 5.17. The predicted octanol–water partition coefficient (Wildman–Crippen LogP) is -3.58. The van der Waals surface area contributed by atoms with Gasteiger partial charge in [-0.3, -0.25) is 9.79 Å². The van der Waals surface area contributed by atoms with Gasteiger partial charge in [-0.25, -0.2) is 4.79 Å². The van der Waals surface area contributed by atoms with Gasteiger partial charge in [0.2, 0.25) is 0 Å². The van der Waals surface area contributed by atoms with Gasteiger partial charge in [-0.1, -0.05) is 0 Å². The number of carbonyl (C=O) groups is 2. The summed E-state index contributed by atoms with van der Waals surface area (Å²) in [7, 11) is 1.27. The molecule has 1 fully saturated rings. The van der Waals surface area contributed by atoms with Crippen molar-refractivity contribution in [2.24, 2.45) is 4.99 Å². The summed E-state index contributed by atoms with van der Waals surface area (Å²) >= 11 is 0. The van der Waals surface area contributed by atoms with Gasteiger partial charge < -0.3 is 55.3 Å². The fourth-order valence-corrected chi connectivity index (χ4v) is 3.50. The third kappa shape index (κ3) is 6.91. The van der Waals surface area contributed by atoms with Crippen molar-refractivity contribution in [2.45, 2.75) is 61.8 Å². The molecule has 188 valence electrons. The molecule has 0 aromatic heterocycles. The van der Waals surface area contributed by atoms with Crippen LogP contribution in [0.25, 0.3) is 0 Å². The number of ether oxygens (including phenoxy) is 3. The fraction of sp³-hybridized carbons (Fsp3) is 0.737. The highest BCUT2D eigenvalue weighted by Crippen LogP contribution is 2.29. The highest BCUT2D eigenvalue weighted by atomic mass is 16.7. The number of methoxy groups -OCH3 is 1. The molecule has 0 saturated carbocycles. The van der Waals surface area contributed by atoms with Gasteiger partial charge >= 0.3 is 11.9 Å². The molecule has 0 radical (unpaired) electrons. The fourth-order valence-electron chi connectivity index (χ4n) is 3.50. The van der Waals surface area contributed by atoms with E-state index in [0.29, 0.717) is 0 Å². The average Bonchev–Trinajstić information content (AvgIpc) is 2.73. The van der Waals surface area contributed by atoms with Crippen molar-refractivity contribution in [1.29, 1.82) is 0 Å². The number of aliphatic carboxylic acids is 2. The van der Waals surface area contributed by atoms with Crippen LogP contribution in [0, 0.1) is 0 Å². The summed E-state index contributed by atoms with van der Waals surface area (Å²) in [6.07, 6.45) is -7.32. The lowest BCUT2D eigenvalue weighted by molar-refractivity contribution is -0.277. The zero-order valence-corrected chi connectivity index (χ0v) is 18.1. The Labute approximate surface area is 188 Å². The van der Waals surface area contributed by atoms with E-state index < -0.39 is 73.5 Å². The molecule has 33 heavy (non-hydrogen) atoms. The Hall–Kier alpha value is -2.17. The monoisotopic (exact) mass is 478 g/mol. The van der Waals surface area contributed by atoms with Gasteiger partial charge in [-0.05, 0) is 13.0 Å². The Morgan fingerprint density at radius 3 is 2.52 bits per heavy atom. The summed E-state index contributed by atoms with van der Waals surface area (Å²) in [6, 6.07) is -1.49. The van der Waals surface area contributed by atoms with Crippen LogP contribution in [0.3, 0.4) is 0 Å². The van der Waals surface area contributed by atoms with Gasteiger partial charge in [0.1, 0.15) is 36.6 Å². The molecule has 0 bridgehead atoms. The van der Waals surface area contributed by atoms with Gasteiger partial charge in [-0.2, -0.15) is 0 Å². The number of hydrogen-bond donors (Lipinski definition) is 8. The van der Waals surface area contributed by atoms with Gasteiger partial charge in [0, 0.05) is 19.2 Å². The second-order valence-corrected chi connectivity index (χ2v) is 7.96. The average molecular weight is 478 g/mol. The quantitative estimate of drug-likeness (QED) is 0.152. The van der Waals surface area contributed by atoms with Gasteiger partial charge in [0.25, 0.3) is 0 Å². The highest BCUT2D eigenvalue weighted by molar-refractivity contribution is 5.95. The number of nitrogens with one attached hydrogen (secondary N) is 1. The molecule has 0 amide bonds. The molecule has 8 unspecified atom stereocenters. The van der Waals surface area contributed by atoms with Crippen molar-refractivity contribution in [3.8, 4) is 0 Å². The van der Waals surface area contributed by atoms with E-state index in [2.05, 4.69) is 10.3 Å². The van der Waals surface area contributed by atoms with Crippen molar-refractivity contribution in [3.63, 3.8) is 0 Å². The van der Waals surface area contributed by atoms with Crippen molar-refractivity contribution < 1.29 is 59.5 Å². The Kier molecular flexibility index (Phi) is 9.28. The lowest BCUT2D eigenvalue weighted by atomic mass is 9.86. The maximum atomic E-state index is 11.5. The number of carboxylic acid groups (broad SMARTS) is 2. The van der Waals surface area contributed by atoms with Crippen LogP contribution >= 0.6 is 0 Å². The normalized spacial score (nSPS) is 35.5. The molecule has 0 spiro atoms. The standard InChI is InChI=1S/C19H30N2O12/c1-8(22)13(17(28)29)21-10-4-19(30,3-9(16(10)31-2)20-5-12(24)25)7-33-18-15(27)14(26)11(23)6-32-18/h4,8,11,13-16,18,21-23,26-27,30H,3,5-7H2,1-2H3,(H,24,25)(H,28,29). The molecule has 2 aliphatic rings. The van der Waals surface area contributed by atoms with E-state index in [9.17, 15) is 40.2 Å².